The number of carbonyl (C=O) groups is 1. The number of nitrogens with zero attached hydrogens (tertiary/aromatic N) is 3. The molecule has 1 aliphatic heterocycles. The first-order chi connectivity index (χ1) is 9.20. The highest BCUT2D eigenvalue weighted by atomic mass is 16.5. The number of Topliss-reactive ketones (excluding diaryl/α,β-unsaturated/α-hetero) is 1. The van der Waals surface area contributed by atoms with E-state index in [0.717, 1.165) is 31.9 Å². The van der Waals surface area contributed by atoms with Crippen LogP contribution in [0.4, 0.5) is 0 Å². The van der Waals surface area contributed by atoms with Crippen molar-refractivity contribution in [3.63, 3.8) is 0 Å². The molecule has 2 rings (SSSR count). The van der Waals surface area contributed by atoms with Crippen LogP contribution in [0.25, 0.3) is 0 Å². The Morgan fingerprint density at radius 2 is 2.42 bits per heavy atom. The van der Waals surface area contributed by atoms with Crippen LogP contribution in [0.3, 0.4) is 0 Å². The molecular weight excluding hydrogens is 242 g/mol. The lowest BCUT2D eigenvalue weighted by Gasteiger charge is -2.31. The molecule has 0 N–H and O–H groups in total. The Morgan fingerprint density at radius 3 is 3.11 bits per heavy atom. The summed E-state index contributed by atoms with van der Waals surface area (Å²) in [6, 6.07) is 0. The molecule has 1 atom stereocenters. The molecule has 2 heterocycles. The quantitative estimate of drug-likeness (QED) is 0.771. The molecule has 5 heteroatoms. The van der Waals surface area contributed by atoms with Crippen molar-refractivity contribution < 1.29 is 9.53 Å². The number of rotatable bonds is 6. The summed E-state index contributed by atoms with van der Waals surface area (Å²) < 4.78 is 7.55. The van der Waals surface area contributed by atoms with Gasteiger partial charge in [0.2, 0.25) is 0 Å². The van der Waals surface area contributed by atoms with E-state index >= 15 is 0 Å². The molecule has 106 valence electrons. The van der Waals surface area contributed by atoms with Crippen molar-refractivity contribution in [3.8, 4) is 0 Å². The summed E-state index contributed by atoms with van der Waals surface area (Å²) in [7, 11) is 1.95. The van der Waals surface area contributed by atoms with Gasteiger partial charge in [-0.2, -0.15) is 0 Å². The highest BCUT2D eigenvalue weighted by molar-refractivity contribution is 5.83. The monoisotopic (exact) mass is 265 g/mol. The molecule has 0 aliphatic carbocycles. The summed E-state index contributed by atoms with van der Waals surface area (Å²) in [4.78, 5) is 18.7. The van der Waals surface area contributed by atoms with Gasteiger partial charge in [-0.3, -0.25) is 9.69 Å². The molecule has 1 aromatic heterocycles. The number of ether oxygens (including phenoxy) is 1. The van der Waals surface area contributed by atoms with Crippen LogP contribution < -0.4 is 0 Å². The third-order valence-electron chi connectivity index (χ3n) is 3.57. The summed E-state index contributed by atoms with van der Waals surface area (Å²) in [6.07, 6.45) is 5.74. The molecule has 1 unspecified atom stereocenters. The maximum atomic E-state index is 12.2. The van der Waals surface area contributed by atoms with Crippen molar-refractivity contribution in [2.75, 3.05) is 26.2 Å². The van der Waals surface area contributed by atoms with Crippen molar-refractivity contribution in [2.45, 2.75) is 32.3 Å². The Hall–Kier alpha value is -1.20. The fourth-order valence-electron chi connectivity index (χ4n) is 2.45. The van der Waals surface area contributed by atoms with E-state index in [4.69, 9.17) is 4.74 Å². The van der Waals surface area contributed by atoms with Crippen LogP contribution >= 0.6 is 0 Å². The average Bonchev–Trinajstić information content (AvgIpc) is 2.82. The predicted molar refractivity (Wildman–Crippen MR) is 73.0 cm³/mol. The first kappa shape index (κ1) is 14.2. The normalized spacial score (nSPS) is 20.6. The molecule has 5 nitrogen and oxygen atoms in total. The predicted octanol–water partition coefficient (Wildman–Crippen LogP) is 1.03. The number of aryl methyl sites for hydroxylation is 2. The van der Waals surface area contributed by atoms with Gasteiger partial charge in [0, 0.05) is 45.4 Å². The average molecular weight is 265 g/mol. The number of ketones is 1. The molecule has 0 aromatic carbocycles. The van der Waals surface area contributed by atoms with Gasteiger partial charge in [0.1, 0.15) is 11.9 Å². The van der Waals surface area contributed by atoms with E-state index in [1.165, 1.54) is 0 Å². The smallest absolute Gasteiger partial charge is 0.163 e. The highest BCUT2D eigenvalue weighted by Crippen LogP contribution is 2.10. The van der Waals surface area contributed by atoms with E-state index in [9.17, 15) is 4.79 Å². The van der Waals surface area contributed by atoms with Gasteiger partial charge in [0.05, 0.1) is 6.61 Å². The lowest BCUT2D eigenvalue weighted by molar-refractivity contribution is -0.136. The van der Waals surface area contributed by atoms with Crippen molar-refractivity contribution >= 4 is 5.78 Å². The molecule has 19 heavy (non-hydrogen) atoms. The number of aromatic nitrogens is 2. The summed E-state index contributed by atoms with van der Waals surface area (Å²) in [5, 5.41) is 0. The van der Waals surface area contributed by atoms with Crippen LogP contribution in [-0.4, -0.2) is 52.6 Å². The van der Waals surface area contributed by atoms with Gasteiger partial charge in [0.15, 0.2) is 5.78 Å². The molecule has 0 amide bonds. The second-order valence-corrected chi connectivity index (χ2v) is 5.08. The van der Waals surface area contributed by atoms with Crippen LogP contribution in [0.15, 0.2) is 12.4 Å². The zero-order valence-electron chi connectivity index (χ0n) is 11.8. The maximum Gasteiger partial charge on any atom is 0.163 e. The third-order valence-corrected chi connectivity index (χ3v) is 3.57. The minimum absolute atomic E-state index is 0.198. The van der Waals surface area contributed by atoms with Crippen LogP contribution in [0.5, 0.6) is 0 Å². The zero-order chi connectivity index (χ0) is 13.7. The van der Waals surface area contributed by atoms with Crippen LogP contribution in [0.1, 0.15) is 25.6 Å². The van der Waals surface area contributed by atoms with Gasteiger partial charge in [0.25, 0.3) is 0 Å². The van der Waals surface area contributed by atoms with Crippen LogP contribution in [0.2, 0.25) is 0 Å². The first-order valence-electron chi connectivity index (χ1n) is 7.03. The van der Waals surface area contributed by atoms with E-state index < -0.39 is 0 Å². The van der Waals surface area contributed by atoms with E-state index in [1.807, 2.05) is 17.8 Å². The standard InChI is InChI=1S/C14H23N3O2/c1-3-7-17-9-10-19-13(11-17)12(18)4-5-14-15-6-8-16(14)2/h6,8,13H,3-5,7,9-11H2,1-2H3. The summed E-state index contributed by atoms with van der Waals surface area (Å²) in [5.41, 5.74) is 0. The van der Waals surface area contributed by atoms with Crippen molar-refractivity contribution in [1.82, 2.24) is 14.5 Å². The topological polar surface area (TPSA) is 47.4 Å². The molecule has 0 bridgehead atoms. The van der Waals surface area contributed by atoms with E-state index in [-0.39, 0.29) is 11.9 Å². The lowest BCUT2D eigenvalue weighted by atomic mass is 10.1. The second-order valence-electron chi connectivity index (χ2n) is 5.08. The largest absolute Gasteiger partial charge is 0.368 e. The van der Waals surface area contributed by atoms with E-state index in [0.29, 0.717) is 19.4 Å². The van der Waals surface area contributed by atoms with E-state index in [2.05, 4.69) is 16.8 Å². The maximum absolute atomic E-state index is 12.2. The van der Waals surface area contributed by atoms with Gasteiger partial charge >= 0.3 is 0 Å². The second kappa shape index (κ2) is 6.82. The first-order valence-corrected chi connectivity index (χ1v) is 7.03. The van der Waals surface area contributed by atoms with Crippen molar-refractivity contribution in [2.24, 2.45) is 7.05 Å². The molecule has 1 fully saturated rings. The van der Waals surface area contributed by atoms with E-state index in [1.54, 1.807) is 6.20 Å². The fourth-order valence-corrected chi connectivity index (χ4v) is 2.45. The van der Waals surface area contributed by atoms with Gasteiger partial charge in [-0.1, -0.05) is 6.92 Å². The molecule has 0 spiro atoms. The van der Waals surface area contributed by atoms with Gasteiger partial charge in [-0.25, -0.2) is 4.98 Å². The molecule has 0 saturated carbocycles. The van der Waals surface area contributed by atoms with Gasteiger partial charge in [-0.15, -0.1) is 0 Å². The van der Waals surface area contributed by atoms with Crippen LogP contribution in [0, 0.1) is 0 Å². The Kier molecular flexibility index (Phi) is 5.10. The number of morpholine rings is 1. The minimum atomic E-state index is -0.249. The Morgan fingerprint density at radius 1 is 1.58 bits per heavy atom. The molecule has 0 radical (unpaired) electrons. The number of hydrogen-bond donors (Lipinski definition) is 0. The molecule has 1 aliphatic rings. The van der Waals surface area contributed by atoms with Crippen LogP contribution in [-0.2, 0) is 23.0 Å². The van der Waals surface area contributed by atoms with Gasteiger partial charge in [-0.05, 0) is 13.0 Å². The molecule has 1 aromatic rings. The summed E-state index contributed by atoms with van der Waals surface area (Å²) in [5.74, 6) is 1.15. The fraction of sp³-hybridized carbons (Fsp3) is 0.714. The molecule has 1 saturated heterocycles. The summed E-state index contributed by atoms with van der Waals surface area (Å²) in [6.45, 7) is 5.56. The minimum Gasteiger partial charge on any atom is -0.368 e. The highest BCUT2D eigenvalue weighted by Gasteiger charge is 2.25. The Bertz CT molecular complexity index is 415. The third kappa shape index (κ3) is 3.88. The SMILES string of the molecule is CCCN1CCOC(C(=O)CCc2nccn2C)C1. The lowest BCUT2D eigenvalue weighted by Crippen LogP contribution is -2.46. The Labute approximate surface area is 114 Å². The number of imidazole rings is 1. The zero-order valence-corrected chi connectivity index (χ0v) is 11.8. The number of hydrogen-bond acceptors (Lipinski definition) is 4. The number of carbonyl (C=O) groups excluding carboxylic acids is 1. The van der Waals surface area contributed by atoms with Crippen molar-refractivity contribution in [3.05, 3.63) is 18.2 Å². The van der Waals surface area contributed by atoms with Gasteiger partial charge < -0.3 is 9.30 Å². The van der Waals surface area contributed by atoms with Crippen molar-refractivity contribution in [1.29, 1.82) is 0 Å². The Balaban J connectivity index is 1.81. The summed E-state index contributed by atoms with van der Waals surface area (Å²) >= 11 is 0. The molecular formula is C14H23N3O2.